The average molecular weight is 267 g/mol. The van der Waals surface area contributed by atoms with Gasteiger partial charge in [-0.15, -0.1) is 0 Å². The van der Waals surface area contributed by atoms with Gasteiger partial charge in [-0.1, -0.05) is 33.6 Å². The molecule has 0 saturated heterocycles. The van der Waals surface area contributed by atoms with Crippen molar-refractivity contribution in [1.29, 1.82) is 0 Å². The zero-order valence-electron chi connectivity index (χ0n) is 12.6. The summed E-state index contributed by atoms with van der Waals surface area (Å²) in [6.45, 7) is 6.74. The maximum absolute atomic E-state index is 12.3. The van der Waals surface area contributed by atoms with Crippen LogP contribution in [0.2, 0.25) is 0 Å². The van der Waals surface area contributed by atoms with Gasteiger partial charge in [-0.3, -0.25) is 4.79 Å². The van der Waals surface area contributed by atoms with Crippen molar-refractivity contribution in [3.05, 3.63) is 0 Å². The zero-order valence-corrected chi connectivity index (χ0v) is 12.6. The first-order valence-electron chi connectivity index (χ1n) is 7.95. The summed E-state index contributed by atoms with van der Waals surface area (Å²) in [5.74, 6) is 1.70. The lowest BCUT2D eigenvalue weighted by Gasteiger charge is -2.37. The van der Waals surface area contributed by atoms with Crippen LogP contribution in [0.3, 0.4) is 0 Å². The maximum atomic E-state index is 12.3. The molecule has 3 nitrogen and oxygen atoms in total. The minimum atomic E-state index is -0.0509. The highest BCUT2D eigenvalue weighted by molar-refractivity contribution is 5.73. The second-order valence-corrected chi connectivity index (χ2v) is 7.00. The zero-order chi connectivity index (χ0) is 14.0. The van der Waals surface area contributed by atoms with Gasteiger partial charge in [0.1, 0.15) is 6.10 Å². The summed E-state index contributed by atoms with van der Waals surface area (Å²) < 4.78 is 5.87. The van der Waals surface area contributed by atoms with Crippen LogP contribution in [0.5, 0.6) is 0 Å². The van der Waals surface area contributed by atoms with Gasteiger partial charge in [0.15, 0.2) is 0 Å². The summed E-state index contributed by atoms with van der Waals surface area (Å²) in [4.78, 5) is 12.3. The standard InChI is InChI=1S/C16H29NO2/c1-10(2)12-8-7-11(3)9-15(12)19-16(18)13-5-4-6-14(13)17/h10-15H,4-9,17H2,1-3H3. The van der Waals surface area contributed by atoms with Crippen molar-refractivity contribution in [2.45, 2.75) is 71.4 Å². The topological polar surface area (TPSA) is 52.3 Å². The summed E-state index contributed by atoms with van der Waals surface area (Å²) in [6.07, 6.45) is 6.53. The van der Waals surface area contributed by atoms with Gasteiger partial charge < -0.3 is 10.5 Å². The first kappa shape index (κ1) is 14.8. The predicted molar refractivity (Wildman–Crippen MR) is 76.5 cm³/mol. The van der Waals surface area contributed by atoms with Crippen molar-refractivity contribution in [3.8, 4) is 0 Å². The van der Waals surface area contributed by atoms with Gasteiger partial charge in [0.2, 0.25) is 0 Å². The normalized spacial score (nSPS) is 39.5. The summed E-state index contributed by atoms with van der Waals surface area (Å²) in [7, 11) is 0. The average Bonchev–Trinajstić information content (AvgIpc) is 2.75. The van der Waals surface area contributed by atoms with E-state index < -0.39 is 0 Å². The lowest BCUT2D eigenvalue weighted by atomic mass is 9.75. The van der Waals surface area contributed by atoms with Crippen LogP contribution in [-0.4, -0.2) is 18.1 Å². The third-order valence-electron chi connectivity index (χ3n) is 5.10. The fourth-order valence-electron chi connectivity index (χ4n) is 3.77. The lowest BCUT2D eigenvalue weighted by molar-refractivity contribution is -0.161. The quantitative estimate of drug-likeness (QED) is 0.799. The lowest BCUT2D eigenvalue weighted by Crippen LogP contribution is -2.39. The molecule has 2 N–H and O–H groups in total. The number of nitrogens with two attached hydrogens (primary N) is 1. The Morgan fingerprint density at radius 1 is 1.21 bits per heavy atom. The largest absolute Gasteiger partial charge is 0.462 e. The van der Waals surface area contributed by atoms with E-state index in [0.29, 0.717) is 17.8 Å². The van der Waals surface area contributed by atoms with E-state index in [0.717, 1.165) is 25.7 Å². The van der Waals surface area contributed by atoms with Gasteiger partial charge in [0.05, 0.1) is 5.92 Å². The molecule has 0 heterocycles. The van der Waals surface area contributed by atoms with E-state index in [1.807, 2.05) is 0 Å². The van der Waals surface area contributed by atoms with Gasteiger partial charge in [-0.25, -0.2) is 0 Å². The molecular formula is C16H29NO2. The van der Waals surface area contributed by atoms with E-state index in [9.17, 15) is 4.79 Å². The Kier molecular flexibility index (Phi) is 4.88. The number of hydrogen-bond donors (Lipinski definition) is 1. The van der Waals surface area contributed by atoms with Crippen LogP contribution in [0, 0.1) is 23.7 Å². The first-order valence-corrected chi connectivity index (χ1v) is 7.95. The van der Waals surface area contributed by atoms with Crippen molar-refractivity contribution in [1.82, 2.24) is 0 Å². The highest BCUT2D eigenvalue weighted by Crippen LogP contribution is 2.36. The van der Waals surface area contributed by atoms with Crippen molar-refractivity contribution in [3.63, 3.8) is 0 Å². The van der Waals surface area contributed by atoms with Crippen LogP contribution in [0.15, 0.2) is 0 Å². The molecule has 110 valence electrons. The second kappa shape index (κ2) is 6.25. The summed E-state index contributed by atoms with van der Waals surface area (Å²) in [5, 5.41) is 0. The van der Waals surface area contributed by atoms with E-state index >= 15 is 0 Å². The van der Waals surface area contributed by atoms with Crippen molar-refractivity contribution >= 4 is 5.97 Å². The molecule has 5 atom stereocenters. The molecule has 3 heteroatoms. The van der Waals surface area contributed by atoms with E-state index in [1.165, 1.54) is 12.8 Å². The number of esters is 1. The number of ether oxygens (including phenoxy) is 1. The molecule has 2 rings (SSSR count). The van der Waals surface area contributed by atoms with Gasteiger partial charge in [0.25, 0.3) is 0 Å². The molecule has 0 aliphatic heterocycles. The molecule has 0 aromatic rings. The molecule has 2 aliphatic carbocycles. The van der Waals surface area contributed by atoms with Crippen molar-refractivity contribution in [2.24, 2.45) is 29.4 Å². The fraction of sp³-hybridized carbons (Fsp3) is 0.938. The molecule has 2 fully saturated rings. The minimum Gasteiger partial charge on any atom is -0.462 e. The van der Waals surface area contributed by atoms with E-state index in [4.69, 9.17) is 10.5 Å². The van der Waals surface area contributed by atoms with Crippen LogP contribution in [0.1, 0.15) is 59.3 Å². The number of hydrogen-bond acceptors (Lipinski definition) is 3. The van der Waals surface area contributed by atoms with E-state index in [1.54, 1.807) is 0 Å². The van der Waals surface area contributed by atoms with E-state index in [-0.39, 0.29) is 24.0 Å². The maximum Gasteiger partial charge on any atom is 0.310 e. The van der Waals surface area contributed by atoms with Gasteiger partial charge >= 0.3 is 5.97 Å². The van der Waals surface area contributed by atoms with Crippen molar-refractivity contribution < 1.29 is 9.53 Å². The third kappa shape index (κ3) is 3.50. The Labute approximate surface area is 117 Å². The van der Waals surface area contributed by atoms with Crippen LogP contribution in [0.25, 0.3) is 0 Å². The minimum absolute atomic E-state index is 0.0195. The predicted octanol–water partition coefficient (Wildman–Crippen LogP) is 3.12. The molecule has 0 amide bonds. The molecule has 5 unspecified atom stereocenters. The SMILES string of the molecule is CC1CCC(C(C)C)C(OC(=O)C2CCCC2N)C1. The first-order chi connectivity index (χ1) is 8.99. The molecule has 2 saturated carbocycles. The molecule has 0 aromatic heterocycles. The summed E-state index contributed by atoms with van der Waals surface area (Å²) in [5.41, 5.74) is 6.01. The summed E-state index contributed by atoms with van der Waals surface area (Å²) in [6, 6.07) is 0.0195. The fourth-order valence-corrected chi connectivity index (χ4v) is 3.77. The van der Waals surface area contributed by atoms with Crippen LogP contribution < -0.4 is 5.73 Å². The molecule has 0 radical (unpaired) electrons. The number of carbonyl (C=O) groups is 1. The Morgan fingerprint density at radius 2 is 1.95 bits per heavy atom. The Bertz CT molecular complexity index is 316. The highest BCUT2D eigenvalue weighted by atomic mass is 16.5. The smallest absolute Gasteiger partial charge is 0.310 e. The third-order valence-corrected chi connectivity index (χ3v) is 5.10. The second-order valence-electron chi connectivity index (χ2n) is 7.00. The molecular weight excluding hydrogens is 238 g/mol. The molecule has 0 aromatic carbocycles. The number of carbonyl (C=O) groups excluding carboxylic acids is 1. The van der Waals surface area contributed by atoms with Crippen molar-refractivity contribution in [2.75, 3.05) is 0 Å². The Balaban J connectivity index is 1.96. The van der Waals surface area contributed by atoms with Gasteiger partial charge in [-0.05, 0) is 43.4 Å². The van der Waals surface area contributed by atoms with Gasteiger partial charge in [-0.2, -0.15) is 0 Å². The highest BCUT2D eigenvalue weighted by Gasteiger charge is 2.37. The Morgan fingerprint density at radius 3 is 2.53 bits per heavy atom. The summed E-state index contributed by atoms with van der Waals surface area (Å²) >= 11 is 0. The van der Waals surface area contributed by atoms with Crippen LogP contribution in [-0.2, 0) is 9.53 Å². The molecule has 0 bridgehead atoms. The number of rotatable bonds is 3. The Hall–Kier alpha value is -0.570. The molecule has 0 spiro atoms. The van der Waals surface area contributed by atoms with E-state index in [2.05, 4.69) is 20.8 Å². The molecule has 2 aliphatic rings. The van der Waals surface area contributed by atoms with Crippen LogP contribution >= 0.6 is 0 Å². The molecule has 19 heavy (non-hydrogen) atoms. The van der Waals surface area contributed by atoms with Crippen LogP contribution in [0.4, 0.5) is 0 Å². The van der Waals surface area contributed by atoms with Gasteiger partial charge in [0, 0.05) is 6.04 Å². The monoisotopic (exact) mass is 267 g/mol.